The highest BCUT2D eigenvalue weighted by molar-refractivity contribution is 5.61. The van der Waals surface area contributed by atoms with E-state index in [2.05, 4.69) is 58.2 Å². The van der Waals surface area contributed by atoms with E-state index in [4.69, 9.17) is 4.74 Å². The van der Waals surface area contributed by atoms with Crippen molar-refractivity contribution in [2.45, 2.75) is 98.8 Å². The number of ether oxygens (including phenoxy) is 1. The van der Waals surface area contributed by atoms with Crippen LogP contribution in [0.3, 0.4) is 0 Å². The number of aryl methyl sites for hydroxylation is 1. The van der Waals surface area contributed by atoms with Gasteiger partial charge in [0, 0.05) is 24.8 Å². The lowest BCUT2D eigenvalue weighted by molar-refractivity contribution is 0.169. The Morgan fingerprint density at radius 1 is 1.07 bits per heavy atom. The molecule has 3 rings (SSSR count). The lowest BCUT2D eigenvalue weighted by atomic mass is 9.68. The van der Waals surface area contributed by atoms with Gasteiger partial charge in [0.1, 0.15) is 5.75 Å². The Kier molecular flexibility index (Phi) is 7.58. The third kappa shape index (κ3) is 5.62. The first-order valence-electron chi connectivity index (χ1n) is 12.4. The number of nitrogens with zero attached hydrogens (tertiary/aromatic N) is 1. The molecule has 1 aromatic rings. The maximum atomic E-state index is 6.03. The Hall–Kier alpha value is -1.44. The summed E-state index contributed by atoms with van der Waals surface area (Å²) in [6.07, 6.45) is 10.7. The Bertz CT molecular complexity index is 721. The summed E-state index contributed by atoms with van der Waals surface area (Å²) in [6, 6.07) is 4.78. The first-order valence-corrected chi connectivity index (χ1v) is 12.4. The molecule has 1 aromatic carbocycles. The van der Waals surface area contributed by atoms with Crippen molar-refractivity contribution in [3.63, 3.8) is 0 Å². The van der Waals surface area contributed by atoms with Gasteiger partial charge in [0.25, 0.3) is 0 Å². The van der Waals surface area contributed by atoms with E-state index in [1.165, 1.54) is 75.7 Å². The van der Waals surface area contributed by atoms with Gasteiger partial charge in [-0.3, -0.25) is 0 Å². The number of allylic oxidation sites excluding steroid dienone is 1. The van der Waals surface area contributed by atoms with E-state index in [1.54, 1.807) is 5.56 Å². The third-order valence-electron chi connectivity index (χ3n) is 7.77. The second-order valence-corrected chi connectivity index (χ2v) is 11.1. The van der Waals surface area contributed by atoms with Crippen molar-refractivity contribution in [1.82, 2.24) is 0 Å². The quantitative estimate of drug-likeness (QED) is 0.452. The van der Waals surface area contributed by atoms with Crippen molar-refractivity contribution in [1.29, 1.82) is 0 Å². The van der Waals surface area contributed by atoms with Crippen LogP contribution in [0.1, 0.15) is 103 Å². The van der Waals surface area contributed by atoms with Crippen LogP contribution in [-0.2, 0) is 0 Å². The second-order valence-electron chi connectivity index (χ2n) is 11.1. The van der Waals surface area contributed by atoms with E-state index in [-0.39, 0.29) is 0 Å². The fraction of sp³-hybridized carbons (Fsp3) is 0.714. The summed E-state index contributed by atoms with van der Waals surface area (Å²) in [4.78, 5) is 2.67. The fourth-order valence-electron chi connectivity index (χ4n) is 5.68. The largest absolute Gasteiger partial charge is 0.462 e. The first kappa shape index (κ1) is 23.2. The topological polar surface area (TPSA) is 12.5 Å². The van der Waals surface area contributed by atoms with Gasteiger partial charge in [-0.25, -0.2) is 0 Å². The summed E-state index contributed by atoms with van der Waals surface area (Å²) in [6.45, 7) is 20.1. The summed E-state index contributed by atoms with van der Waals surface area (Å²) < 4.78 is 6.03. The monoisotopic (exact) mass is 411 g/mol. The molecule has 0 unspecified atom stereocenters. The van der Waals surface area contributed by atoms with Crippen LogP contribution in [0.25, 0.3) is 0 Å². The molecule has 2 nitrogen and oxygen atoms in total. The van der Waals surface area contributed by atoms with Gasteiger partial charge < -0.3 is 9.64 Å². The van der Waals surface area contributed by atoms with Crippen molar-refractivity contribution in [3.05, 3.63) is 35.6 Å². The number of benzene rings is 1. The molecule has 2 fully saturated rings. The van der Waals surface area contributed by atoms with Crippen molar-refractivity contribution in [3.8, 4) is 5.75 Å². The maximum absolute atomic E-state index is 6.03. The first-order chi connectivity index (χ1) is 14.2. The zero-order valence-electron chi connectivity index (χ0n) is 20.5. The molecule has 0 amide bonds. The van der Waals surface area contributed by atoms with Gasteiger partial charge >= 0.3 is 0 Å². The normalized spacial score (nSPS) is 25.7. The van der Waals surface area contributed by atoms with Crippen molar-refractivity contribution in [2.24, 2.45) is 17.3 Å². The summed E-state index contributed by atoms with van der Waals surface area (Å²) in [7, 11) is 0. The molecule has 2 heteroatoms. The molecule has 1 saturated carbocycles. The summed E-state index contributed by atoms with van der Waals surface area (Å²) in [5.74, 6) is 4.18. The van der Waals surface area contributed by atoms with Gasteiger partial charge in [-0.2, -0.15) is 0 Å². The zero-order chi connectivity index (χ0) is 21.9. The van der Waals surface area contributed by atoms with Gasteiger partial charge in [0.2, 0.25) is 0 Å². The van der Waals surface area contributed by atoms with E-state index in [0.717, 1.165) is 23.3 Å². The minimum atomic E-state index is 0.433. The highest BCUT2D eigenvalue weighted by Crippen LogP contribution is 2.46. The van der Waals surface area contributed by atoms with Gasteiger partial charge in [0.05, 0.1) is 5.76 Å². The van der Waals surface area contributed by atoms with Crippen LogP contribution in [-0.4, -0.2) is 13.1 Å². The number of rotatable bonds is 5. The van der Waals surface area contributed by atoms with Crippen molar-refractivity contribution < 1.29 is 4.74 Å². The molecule has 1 aliphatic heterocycles. The van der Waals surface area contributed by atoms with Gasteiger partial charge in [-0.1, -0.05) is 46.8 Å². The molecule has 1 aliphatic carbocycles. The Labute approximate surface area is 186 Å². The van der Waals surface area contributed by atoms with Crippen LogP contribution in [0.4, 0.5) is 5.69 Å². The van der Waals surface area contributed by atoms with E-state index >= 15 is 0 Å². The van der Waals surface area contributed by atoms with Crippen LogP contribution >= 0.6 is 0 Å². The van der Waals surface area contributed by atoms with E-state index in [0.29, 0.717) is 11.3 Å². The van der Waals surface area contributed by atoms with E-state index in [9.17, 15) is 0 Å². The van der Waals surface area contributed by atoms with Gasteiger partial charge in [-0.05, 0) is 93.1 Å². The smallest absolute Gasteiger partial charge is 0.131 e. The number of hydrogen-bond acceptors (Lipinski definition) is 2. The fourth-order valence-corrected chi connectivity index (χ4v) is 5.68. The van der Waals surface area contributed by atoms with Crippen LogP contribution in [0.15, 0.2) is 24.5 Å². The van der Waals surface area contributed by atoms with Gasteiger partial charge in [0.15, 0.2) is 0 Å². The molecule has 0 bridgehead atoms. The predicted molar refractivity (Wildman–Crippen MR) is 131 cm³/mol. The molecule has 1 saturated heterocycles. The molecule has 0 aromatic heterocycles. The average Bonchev–Trinajstić information content (AvgIpc) is 2.94. The van der Waals surface area contributed by atoms with Crippen LogP contribution < -0.4 is 9.64 Å². The number of hydrogen-bond donors (Lipinski definition) is 0. The second kappa shape index (κ2) is 9.79. The molecule has 1 atom stereocenters. The molecule has 0 spiro atoms. The molecular formula is C28H45NO. The van der Waals surface area contributed by atoms with E-state index in [1.807, 2.05) is 6.92 Å². The number of anilines is 1. The van der Waals surface area contributed by atoms with Crippen LogP contribution in [0.2, 0.25) is 0 Å². The minimum Gasteiger partial charge on any atom is -0.462 e. The molecule has 0 radical (unpaired) electrons. The van der Waals surface area contributed by atoms with Gasteiger partial charge in [-0.15, -0.1) is 0 Å². The van der Waals surface area contributed by atoms with Crippen molar-refractivity contribution >= 4 is 5.69 Å². The highest BCUT2D eigenvalue weighted by Gasteiger charge is 2.32. The minimum absolute atomic E-state index is 0.433. The molecule has 168 valence electrons. The SMILES string of the molecule is C=C(C)Oc1cc(N2CCC[C@H](CC)CC2)c(C2CCC(C(C)(C)C)CC2)cc1C. The Morgan fingerprint density at radius 2 is 1.77 bits per heavy atom. The highest BCUT2D eigenvalue weighted by atomic mass is 16.5. The van der Waals surface area contributed by atoms with Crippen LogP contribution in [0, 0.1) is 24.2 Å². The standard InChI is InChI=1S/C28H45NO/c1-8-22-10-9-16-29(17-15-22)26-19-27(30-20(2)3)21(4)18-25(26)23-11-13-24(14-12-23)28(5,6)7/h18-19,22-24H,2,8-17H2,1,3-7H3/t22-,23?,24?/m0/s1. The van der Waals surface area contributed by atoms with E-state index < -0.39 is 0 Å². The molecule has 30 heavy (non-hydrogen) atoms. The molecule has 2 aliphatic rings. The lowest BCUT2D eigenvalue weighted by Crippen LogP contribution is -2.28. The zero-order valence-corrected chi connectivity index (χ0v) is 20.5. The summed E-state index contributed by atoms with van der Waals surface area (Å²) in [5, 5.41) is 0. The molecule has 1 heterocycles. The summed E-state index contributed by atoms with van der Waals surface area (Å²) in [5.41, 5.74) is 4.69. The maximum Gasteiger partial charge on any atom is 0.131 e. The lowest BCUT2D eigenvalue weighted by Gasteiger charge is -2.38. The van der Waals surface area contributed by atoms with Crippen molar-refractivity contribution in [2.75, 3.05) is 18.0 Å². The average molecular weight is 412 g/mol. The van der Waals surface area contributed by atoms with Crippen LogP contribution in [0.5, 0.6) is 5.75 Å². The molecule has 0 N–H and O–H groups in total. The Balaban J connectivity index is 1.89. The predicted octanol–water partition coefficient (Wildman–Crippen LogP) is 8.24. The molecular weight excluding hydrogens is 366 g/mol. The third-order valence-corrected chi connectivity index (χ3v) is 7.77. The summed E-state index contributed by atoms with van der Waals surface area (Å²) >= 11 is 0. The Morgan fingerprint density at radius 3 is 2.37 bits per heavy atom.